The lowest BCUT2D eigenvalue weighted by Crippen LogP contribution is -2.69. The van der Waals surface area contributed by atoms with Gasteiger partial charge in [0.1, 0.15) is 6.04 Å². The lowest BCUT2D eigenvalue weighted by atomic mass is 10.0. The molecule has 1 fully saturated rings. The molecule has 0 radical (unpaired) electrons. The van der Waals surface area contributed by atoms with Crippen LogP contribution in [0.4, 0.5) is 0 Å². The fraction of sp³-hybridized carbons (Fsp3) is 0.591. The summed E-state index contributed by atoms with van der Waals surface area (Å²) in [5, 5.41) is 0. The van der Waals surface area contributed by atoms with Crippen molar-refractivity contribution in [1.29, 1.82) is 0 Å². The maximum atomic E-state index is 13.2. The quantitative estimate of drug-likeness (QED) is 0.325. The number of allylic oxidation sites excluding steroid dienone is 1. The average molecular weight is 438 g/mol. The molecule has 0 bridgehead atoms. The van der Waals surface area contributed by atoms with E-state index < -0.39 is 36.4 Å². The predicted molar refractivity (Wildman–Crippen MR) is 120 cm³/mol. The van der Waals surface area contributed by atoms with Crippen LogP contribution >= 0.6 is 0 Å². The predicted octanol–water partition coefficient (Wildman–Crippen LogP) is 5.03. The van der Waals surface area contributed by atoms with Gasteiger partial charge in [-0.1, -0.05) is 71.4 Å². The second kappa shape index (κ2) is 8.74. The maximum Gasteiger partial charge on any atom is 0.267 e. The van der Waals surface area contributed by atoms with Gasteiger partial charge in [0, 0.05) is 0 Å². The molecule has 162 valence electrons. The van der Waals surface area contributed by atoms with Crippen molar-refractivity contribution in [1.82, 2.24) is 4.31 Å². The van der Waals surface area contributed by atoms with Crippen molar-refractivity contribution >= 4 is 24.2 Å². The largest absolute Gasteiger partial charge is 0.402 e. The van der Waals surface area contributed by atoms with Gasteiger partial charge >= 0.3 is 0 Å². The molecule has 29 heavy (non-hydrogen) atoms. The van der Waals surface area contributed by atoms with Gasteiger partial charge in [0.25, 0.3) is 15.9 Å². The minimum Gasteiger partial charge on any atom is -0.402 e. The molecule has 1 heterocycles. The number of amides is 1. The zero-order valence-electron chi connectivity index (χ0n) is 18.8. The van der Waals surface area contributed by atoms with Crippen molar-refractivity contribution in [2.45, 2.75) is 89.1 Å². The molecule has 7 heteroatoms. The summed E-state index contributed by atoms with van der Waals surface area (Å²) >= 11 is 0. The van der Waals surface area contributed by atoms with Crippen molar-refractivity contribution in [3.05, 3.63) is 42.0 Å². The van der Waals surface area contributed by atoms with Crippen molar-refractivity contribution in [2.75, 3.05) is 0 Å². The summed E-state index contributed by atoms with van der Waals surface area (Å²) in [6.07, 6.45) is 2.80. The Balaban J connectivity index is 2.43. The van der Waals surface area contributed by atoms with E-state index in [4.69, 9.17) is 4.43 Å². The molecule has 5 nitrogen and oxygen atoms in total. The summed E-state index contributed by atoms with van der Waals surface area (Å²) in [6.45, 7) is 16.6. The molecule has 2 rings (SSSR count). The molecule has 0 aliphatic carbocycles. The summed E-state index contributed by atoms with van der Waals surface area (Å²) in [5.74, 6) is -0.465. The van der Waals surface area contributed by atoms with E-state index in [-0.39, 0.29) is 4.90 Å². The Morgan fingerprint density at radius 1 is 1.00 bits per heavy atom. The zero-order chi connectivity index (χ0) is 22.1. The first-order chi connectivity index (χ1) is 13.4. The van der Waals surface area contributed by atoms with Crippen LogP contribution in [0.3, 0.4) is 0 Å². The van der Waals surface area contributed by atoms with Crippen molar-refractivity contribution in [2.24, 2.45) is 0 Å². The Morgan fingerprint density at radius 3 is 1.90 bits per heavy atom. The highest BCUT2D eigenvalue weighted by Gasteiger charge is 2.58. The first-order valence-corrected chi connectivity index (χ1v) is 13.9. The van der Waals surface area contributed by atoms with Crippen LogP contribution in [0.2, 0.25) is 16.6 Å². The van der Waals surface area contributed by atoms with E-state index in [0.717, 1.165) is 9.87 Å². The molecule has 1 aromatic rings. The van der Waals surface area contributed by atoms with Crippen LogP contribution in [-0.4, -0.2) is 39.1 Å². The molecule has 0 unspecified atom stereocenters. The second-order valence-electron chi connectivity index (χ2n) is 8.82. The monoisotopic (exact) mass is 437 g/mol. The molecule has 1 amide bonds. The molecule has 0 saturated carbocycles. The Morgan fingerprint density at radius 2 is 1.48 bits per heavy atom. The molecule has 0 spiro atoms. The first kappa shape index (κ1) is 23.8. The fourth-order valence-electron chi connectivity index (χ4n) is 4.69. The number of benzene rings is 1. The molecular formula is C22H35NO4SSi. The van der Waals surface area contributed by atoms with E-state index in [9.17, 15) is 13.2 Å². The van der Waals surface area contributed by atoms with E-state index in [0.29, 0.717) is 16.6 Å². The van der Waals surface area contributed by atoms with Crippen LogP contribution in [0.15, 0.2) is 41.3 Å². The van der Waals surface area contributed by atoms with Gasteiger partial charge in [-0.25, -0.2) is 12.7 Å². The van der Waals surface area contributed by atoms with Crippen LogP contribution in [0.5, 0.6) is 0 Å². The van der Waals surface area contributed by atoms with Crippen LogP contribution in [-0.2, 0) is 19.2 Å². The molecular weight excluding hydrogens is 402 g/mol. The van der Waals surface area contributed by atoms with Gasteiger partial charge in [0.15, 0.2) is 6.10 Å². The van der Waals surface area contributed by atoms with Gasteiger partial charge < -0.3 is 4.43 Å². The number of hydrogen-bond acceptors (Lipinski definition) is 4. The molecule has 1 aromatic carbocycles. The highest BCUT2D eigenvalue weighted by Crippen LogP contribution is 2.45. The van der Waals surface area contributed by atoms with Gasteiger partial charge in [0.05, 0.1) is 4.90 Å². The van der Waals surface area contributed by atoms with Gasteiger partial charge in [-0.3, -0.25) is 4.79 Å². The number of sulfonamides is 1. The fourth-order valence-corrected chi connectivity index (χ4v) is 11.7. The SMILES string of the molecule is C/C=C/[C@H]1[C@@H](O[Si](C(C)C)(C(C)C)C(C)C)C(=O)N1S(=O)(=O)c1ccc(C)cc1. The highest BCUT2D eigenvalue weighted by molar-refractivity contribution is 7.89. The summed E-state index contributed by atoms with van der Waals surface area (Å²) in [7, 11) is -6.25. The van der Waals surface area contributed by atoms with E-state index in [1.807, 2.05) is 13.8 Å². The maximum absolute atomic E-state index is 13.2. The summed E-state index contributed by atoms with van der Waals surface area (Å²) in [6, 6.07) is 5.97. The summed E-state index contributed by atoms with van der Waals surface area (Å²) in [5.41, 5.74) is 1.89. The number of β-lactam (4-membered cyclic amide) rings is 1. The third-order valence-electron chi connectivity index (χ3n) is 6.05. The number of nitrogens with zero attached hydrogens (tertiary/aromatic N) is 1. The molecule has 2 atom stereocenters. The Kier molecular flexibility index (Phi) is 7.18. The Hall–Kier alpha value is -1.44. The normalized spacial score (nSPS) is 20.9. The van der Waals surface area contributed by atoms with Gasteiger partial charge in [-0.05, 0) is 42.6 Å². The lowest BCUT2D eigenvalue weighted by Gasteiger charge is -2.51. The van der Waals surface area contributed by atoms with E-state index >= 15 is 0 Å². The molecule has 1 saturated heterocycles. The smallest absolute Gasteiger partial charge is 0.267 e. The number of aryl methyl sites for hydroxylation is 1. The number of hydrogen-bond donors (Lipinski definition) is 0. The zero-order valence-corrected chi connectivity index (χ0v) is 20.7. The number of rotatable bonds is 8. The highest BCUT2D eigenvalue weighted by atomic mass is 32.2. The van der Waals surface area contributed by atoms with E-state index in [2.05, 4.69) is 41.5 Å². The van der Waals surface area contributed by atoms with Crippen molar-refractivity contribution in [3.63, 3.8) is 0 Å². The molecule has 1 aliphatic heterocycles. The van der Waals surface area contributed by atoms with Gasteiger partial charge in [-0.2, -0.15) is 0 Å². The topological polar surface area (TPSA) is 63.7 Å². The van der Waals surface area contributed by atoms with E-state index in [1.165, 1.54) is 0 Å². The van der Waals surface area contributed by atoms with Crippen LogP contribution < -0.4 is 0 Å². The number of carbonyl (C=O) groups is 1. The Labute approximate surface area is 177 Å². The average Bonchev–Trinajstić information content (AvgIpc) is 2.61. The Bertz CT molecular complexity index is 838. The van der Waals surface area contributed by atoms with E-state index in [1.54, 1.807) is 36.4 Å². The molecule has 0 N–H and O–H groups in total. The van der Waals surface area contributed by atoms with Crippen LogP contribution in [0, 0.1) is 6.92 Å². The minimum absolute atomic E-state index is 0.129. The standard InChI is InChI=1S/C22H35NO4SSi/c1-9-10-20-21(27-29(15(2)3,16(4)5)17(6)7)22(24)23(20)28(25,26)19-13-11-18(8)12-14-19/h9-17,20-21H,1-8H3/b10-9+/t20-,21+/m0/s1. The van der Waals surface area contributed by atoms with Gasteiger partial charge in [0.2, 0.25) is 8.32 Å². The lowest BCUT2D eigenvalue weighted by molar-refractivity contribution is -0.150. The second-order valence-corrected chi connectivity index (χ2v) is 16.0. The minimum atomic E-state index is -3.92. The third-order valence-corrected chi connectivity index (χ3v) is 13.9. The van der Waals surface area contributed by atoms with Crippen LogP contribution in [0.25, 0.3) is 0 Å². The third kappa shape index (κ3) is 4.09. The summed E-state index contributed by atoms with van der Waals surface area (Å²) in [4.78, 5) is 13.2. The molecule has 0 aromatic heterocycles. The van der Waals surface area contributed by atoms with Crippen LogP contribution in [0.1, 0.15) is 54.0 Å². The van der Waals surface area contributed by atoms with Crippen molar-refractivity contribution < 1.29 is 17.6 Å². The number of carbonyl (C=O) groups excluding carboxylic acids is 1. The van der Waals surface area contributed by atoms with Gasteiger partial charge in [-0.15, -0.1) is 0 Å². The summed E-state index contributed by atoms with van der Waals surface area (Å²) < 4.78 is 34.0. The van der Waals surface area contributed by atoms with Crippen molar-refractivity contribution in [3.8, 4) is 0 Å². The first-order valence-electron chi connectivity index (χ1n) is 10.4. The molecule has 1 aliphatic rings.